The third-order valence-corrected chi connectivity index (χ3v) is 5.26. The normalized spacial score (nSPS) is 18.5. The third kappa shape index (κ3) is 6.42. The highest BCUT2D eigenvalue weighted by atomic mass is 28.3. The minimum atomic E-state index is -1.23. The molecule has 138 valence electrons. The van der Waals surface area contributed by atoms with Crippen LogP contribution in [0.25, 0.3) is 0 Å². The molecule has 0 radical (unpaired) electrons. The monoisotopic (exact) mass is 354 g/mol. The van der Waals surface area contributed by atoms with Gasteiger partial charge in [0.05, 0.1) is 12.9 Å². The number of carbonyl (C=O) groups is 2. The van der Waals surface area contributed by atoms with Crippen LogP contribution in [0.5, 0.6) is 0 Å². The fraction of sp³-hybridized carbons (Fsp3) is 0.789. The lowest BCUT2D eigenvalue weighted by Gasteiger charge is -2.30. The first-order chi connectivity index (χ1) is 11.2. The Hall–Kier alpha value is -1.10. The van der Waals surface area contributed by atoms with Crippen molar-refractivity contribution in [2.45, 2.75) is 78.8 Å². The van der Waals surface area contributed by atoms with Crippen molar-refractivity contribution in [3.05, 3.63) is 11.3 Å². The second kappa shape index (κ2) is 9.40. The summed E-state index contributed by atoms with van der Waals surface area (Å²) in [5.41, 5.74) is 0.986. The summed E-state index contributed by atoms with van der Waals surface area (Å²) in [5, 5.41) is 0. The van der Waals surface area contributed by atoms with E-state index in [1.807, 2.05) is 0 Å². The van der Waals surface area contributed by atoms with E-state index < -0.39 is 9.04 Å². The molecule has 1 aliphatic rings. The van der Waals surface area contributed by atoms with E-state index in [1.165, 1.54) is 7.11 Å². The Morgan fingerprint density at radius 1 is 1.17 bits per heavy atom. The number of allylic oxidation sites excluding steroid dienone is 2. The van der Waals surface area contributed by atoms with Gasteiger partial charge in [0, 0.05) is 24.3 Å². The second-order valence-corrected chi connectivity index (χ2v) is 10.4. The Morgan fingerprint density at radius 2 is 1.79 bits per heavy atom. The summed E-state index contributed by atoms with van der Waals surface area (Å²) in [6.07, 6.45) is 5.74. The van der Waals surface area contributed by atoms with Crippen LogP contribution in [0.15, 0.2) is 11.3 Å². The predicted molar refractivity (Wildman–Crippen MR) is 99.3 cm³/mol. The molecular weight excluding hydrogens is 320 g/mol. The van der Waals surface area contributed by atoms with Gasteiger partial charge in [0.1, 0.15) is 0 Å². The van der Waals surface area contributed by atoms with Gasteiger partial charge in [0.15, 0.2) is 5.78 Å². The lowest BCUT2D eigenvalue weighted by Crippen LogP contribution is -2.24. The van der Waals surface area contributed by atoms with E-state index in [9.17, 15) is 9.59 Å². The fourth-order valence-corrected chi connectivity index (χ4v) is 3.96. The van der Waals surface area contributed by atoms with Gasteiger partial charge in [-0.1, -0.05) is 33.6 Å². The van der Waals surface area contributed by atoms with Crippen molar-refractivity contribution in [1.29, 1.82) is 0 Å². The molecule has 1 aliphatic carbocycles. The maximum absolute atomic E-state index is 12.5. The smallest absolute Gasteiger partial charge is 0.305 e. The molecule has 5 heteroatoms. The number of hydrogen-bond acceptors (Lipinski definition) is 4. The summed E-state index contributed by atoms with van der Waals surface area (Å²) in [6.45, 7) is 10.9. The predicted octanol–water partition coefficient (Wildman–Crippen LogP) is 4.39. The number of esters is 1. The van der Waals surface area contributed by atoms with E-state index in [2.05, 4.69) is 38.6 Å². The van der Waals surface area contributed by atoms with Crippen LogP contribution in [-0.4, -0.2) is 27.9 Å². The maximum atomic E-state index is 12.5. The number of hydrogen-bond donors (Lipinski definition) is 0. The largest absolute Gasteiger partial charge is 0.549 e. The highest BCUT2D eigenvalue weighted by molar-refractivity contribution is 6.48. The number of unbranched alkanes of at least 4 members (excludes halogenated alkanes) is 3. The molecule has 0 N–H and O–H groups in total. The van der Waals surface area contributed by atoms with Crippen molar-refractivity contribution in [3.63, 3.8) is 0 Å². The number of methoxy groups -OCH3 is 1. The van der Waals surface area contributed by atoms with Gasteiger partial charge in [-0.15, -0.1) is 0 Å². The molecule has 1 rings (SSSR count). The molecule has 0 amide bonds. The Labute approximate surface area is 148 Å². The minimum Gasteiger partial charge on any atom is -0.549 e. The average molecular weight is 355 g/mol. The summed E-state index contributed by atoms with van der Waals surface area (Å²) in [4.78, 5) is 23.6. The van der Waals surface area contributed by atoms with Gasteiger partial charge in [-0.2, -0.15) is 0 Å². The topological polar surface area (TPSA) is 52.6 Å². The van der Waals surface area contributed by atoms with Gasteiger partial charge in [-0.05, 0) is 37.8 Å². The highest BCUT2D eigenvalue weighted by Gasteiger charge is 2.40. The SMILES string of the molecule is COC(=O)CCCCCCC1=C(O[SiH](C)C)[C@H](C(C)(C)C)CC1=O. The Bertz CT molecular complexity index is 474. The molecule has 0 unspecified atom stereocenters. The number of Topliss-reactive ketones (excluding diaryl/α,β-unsaturated/α-hetero) is 1. The van der Waals surface area contributed by atoms with Crippen LogP contribution in [0.3, 0.4) is 0 Å². The van der Waals surface area contributed by atoms with Crippen molar-refractivity contribution in [3.8, 4) is 0 Å². The first-order valence-corrected chi connectivity index (χ1v) is 11.9. The number of ether oxygens (including phenoxy) is 1. The molecular formula is C19H34O4Si. The quantitative estimate of drug-likeness (QED) is 0.350. The number of rotatable bonds is 9. The van der Waals surface area contributed by atoms with Crippen molar-refractivity contribution in [1.82, 2.24) is 0 Å². The maximum Gasteiger partial charge on any atom is 0.305 e. The Kier molecular flexibility index (Phi) is 8.20. The first kappa shape index (κ1) is 20.9. The molecule has 0 aromatic rings. The molecule has 1 atom stereocenters. The van der Waals surface area contributed by atoms with Crippen LogP contribution in [0.2, 0.25) is 13.1 Å². The lowest BCUT2D eigenvalue weighted by molar-refractivity contribution is -0.140. The zero-order valence-electron chi connectivity index (χ0n) is 16.2. The molecule has 0 aromatic carbocycles. The molecule has 24 heavy (non-hydrogen) atoms. The molecule has 0 saturated heterocycles. The first-order valence-electron chi connectivity index (χ1n) is 9.16. The van der Waals surface area contributed by atoms with E-state index >= 15 is 0 Å². The molecule has 0 bridgehead atoms. The van der Waals surface area contributed by atoms with Gasteiger partial charge in [-0.25, -0.2) is 0 Å². The van der Waals surface area contributed by atoms with Crippen LogP contribution in [-0.2, 0) is 18.8 Å². The average Bonchev–Trinajstić information content (AvgIpc) is 2.78. The van der Waals surface area contributed by atoms with E-state index in [0.29, 0.717) is 12.8 Å². The Balaban J connectivity index is 2.60. The van der Waals surface area contributed by atoms with E-state index in [0.717, 1.165) is 43.4 Å². The summed E-state index contributed by atoms with van der Waals surface area (Å²) in [7, 11) is 0.194. The zero-order chi connectivity index (χ0) is 18.3. The van der Waals surface area contributed by atoms with Crippen molar-refractivity contribution < 1.29 is 18.8 Å². The number of ketones is 1. The second-order valence-electron chi connectivity index (χ2n) is 8.05. The molecule has 0 fully saturated rings. The minimum absolute atomic E-state index is 0.0521. The fourth-order valence-electron chi connectivity index (χ4n) is 3.15. The van der Waals surface area contributed by atoms with Crippen molar-refractivity contribution in [2.75, 3.05) is 7.11 Å². The zero-order valence-corrected chi connectivity index (χ0v) is 17.4. The van der Waals surface area contributed by atoms with Gasteiger partial charge in [0.2, 0.25) is 9.04 Å². The van der Waals surface area contributed by atoms with Crippen molar-refractivity contribution >= 4 is 20.8 Å². The summed E-state index contributed by atoms with van der Waals surface area (Å²) >= 11 is 0. The van der Waals surface area contributed by atoms with Gasteiger partial charge in [0.25, 0.3) is 0 Å². The molecule has 0 heterocycles. The van der Waals surface area contributed by atoms with E-state index in [-0.39, 0.29) is 23.1 Å². The van der Waals surface area contributed by atoms with E-state index in [1.54, 1.807) is 0 Å². The van der Waals surface area contributed by atoms with Gasteiger partial charge >= 0.3 is 5.97 Å². The van der Waals surface area contributed by atoms with Crippen LogP contribution in [0, 0.1) is 11.3 Å². The summed E-state index contributed by atoms with van der Waals surface area (Å²) in [6, 6.07) is 0. The molecule has 0 aliphatic heterocycles. The number of carbonyl (C=O) groups excluding carboxylic acids is 2. The third-order valence-electron chi connectivity index (χ3n) is 4.53. The highest BCUT2D eigenvalue weighted by Crippen LogP contribution is 2.43. The van der Waals surface area contributed by atoms with Crippen LogP contribution >= 0.6 is 0 Å². The van der Waals surface area contributed by atoms with Gasteiger partial charge < -0.3 is 9.16 Å². The molecule has 4 nitrogen and oxygen atoms in total. The lowest BCUT2D eigenvalue weighted by atomic mass is 9.79. The van der Waals surface area contributed by atoms with E-state index in [4.69, 9.17) is 4.43 Å². The Morgan fingerprint density at radius 3 is 2.33 bits per heavy atom. The summed E-state index contributed by atoms with van der Waals surface area (Å²) < 4.78 is 10.8. The standard InChI is InChI=1S/C19H34O4Si/c1-19(2,3)15-13-16(20)14(18(15)23-24(5)6)11-9-7-8-10-12-17(21)22-4/h15,24H,7-13H2,1-6H3/t15-/m1/s1. The van der Waals surface area contributed by atoms with Gasteiger partial charge in [-0.3, -0.25) is 9.59 Å². The van der Waals surface area contributed by atoms with Crippen LogP contribution < -0.4 is 0 Å². The molecule has 0 aromatic heterocycles. The van der Waals surface area contributed by atoms with Crippen LogP contribution in [0.4, 0.5) is 0 Å². The molecule has 0 saturated carbocycles. The molecule has 0 spiro atoms. The van der Waals surface area contributed by atoms with Crippen LogP contribution in [0.1, 0.15) is 65.7 Å². The van der Waals surface area contributed by atoms with Crippen molar-refractivity contribution in [2.24, 2.45) is 11.3 Å². The summed E-state index contributed by atoms with van der Waals surface area (Å²) in [5.74, 6) is 1.33.